The minimum Gasteiger partial charge on any atom is -0.335 e. The van der Waals surface area contributed by atoms with E-state index < -0.39 is 0 Å². The van der Waals surface area contributed by atoms with E-state index in [4.69, 9.17) is 12.2 Å². The summed E-state index contributed by atoms with van der Waals surface area (Å²) >= 11 is 5.36. The molecule has 4 heteroatoms. The summed E-state index contributed by atoms with van der Waals surface area (Å²) in [5.74, 6) is 0.844. The Morgan fingerprint density at radius 2 is 2.13 bits per heavy atom. The van der Waals surface area contributed by atoms with Crippen LogP contribution in [0.2, 0.25) is 0 Å². The number of fused-ring (bicyclic) bond motifs is 3. The third kappa shape index (κ3) is 1.56. The molecule has 0 aliphatic carbocycles. The molecule has 3 nitrogen and oxygen atoms in total. The lowest BCUT2D eigenvalue weighted by Gasteiger charge is -2.45. The van der Waals surface area contributed by atoms with E-state index in [9.17, 15) is 0 Å². The van der Waals surface area contributed by atoms with Gasteiger partial charge in [0, 0.05) is 18.4 Å². The van der Waals surface area contributed by atoms with Crippen LogP contribution in [0.4, 0.5) is 0 Å². The van der Waals surface area contributed by atoms with Crippen LogP contribution in [-0.2, 0) is 0 Å². The van der Waals surface area contributed by atoms with Crippen molar-refractivity contribution in [1.29, 1.82) is 0 Å². The molecular formula is C11H17N3S. The van der Waals surface area contributed by atoms with Crippen LogP contribution in [0.25, 0.3) is 0 Å². The molecule has 0 radical (unpaired) electrons. The summed E-state index contributed by atoms with van der Waals surface area (Å²) in [6.45, 7) is 5.85. The Hall–Kier alpha value is -0.610. The van der Waals surface area contributed by atoms with Gasteiger partial charge in [-0.2, -0.15) is 0 Å². The van der Waals surface area contributed by atoms with Gasteiger partial charge >= 0.3 is 0 Å². The van der Waals surface area contributed by atoms with Crippen LogP contribution in [0.5, 0.6) is 0 Å². The molecule has 2 bridgehead atoms. The quantitative estimate of drug-likeness (QED) is 0.737. The van der Waals surface area contributed by atoms with Crippen LogP contribution in [0.3, 0.4) is 0 Å². The van der Waals surface area contributed by atoms with Crippen molar-refractivity contribution in [3.05, 3.63) is 16.7 Å². The minimum atomic E-state index is 0.616. The Morgan fingerprint density at radius 1 is 1.40 bits per heavy atom. The maximum Gasteiger partial charge on any atom is 0.177 e. The number of nitrogens with zero attached hydrogens (tertiary/aromatic N) is 2. The Balaban J connectivity index is 1.94. The van der Waals surface area contributed by atoms with Crippen LogP contribution in [-0.4, -0.2) is 34.1 Å². The van der Waals surface area contributed by atoms with Crippen LogP contribution in [0.15, 0.2) is 6.20 Å². The summed E-state index contributed by atoms with van der Waals surface area (Å²) in [6.07, 6.45) is 4.86. The average Bonchev–Trinajstić information content (AvgIpc) is 2.59. The van der Waals surface area contributed by atoms with Crippen molar-refractivity contribution < 1.29 is 0 Å². The lowest BCUT2D eigenvalue weighted by atomic mass is 9.84. The number of aromatic amines is 1. The zero-order valence-electron chi connectivity index (χ0n) is 9.07. The molecule has 1 aromatic rings. The Morgan fingerprint density at radius 3 is 2.60 bits per heavy atom. The van der Waals surface area contributed by atoms with E-state index in [1.165, 1.54) is 38.2 Å². The first-order chi connectivity index (χ1) is 7.24. The fourth-order valence-electron chi connectivity index (χ4n) is 3.03. The number of aromatic nitrogens is 2. The maximum absolute atomic E-state index is 5.36. The van der Waals surface area contributed by atoms with Gasteiger partial charge in [0.25, 0.3) is 0 Å². The van der Waals surface area contributed by atoms with Crippen molar-refractivity contribution in [1.82, 2.24) is 14.5 Å². The molecule has 82 valence electrons. The van der Waals surface area contributed by atoms with Gasteiger partial charge in [0.05, 0.1) is 6.04 Å². The number of hydrogen-bond acceptors (Lipinski definition) is 2. The second-order valence-corrected chi connectivity index (χ2v) is 5.24. The number of hydrogen-bond donors (Lipinski definition) is 1. The van der Waals surface area contributed by atoms with Gasteiger partial charge in [-0.05, 0) is 51.0 Å². The van der Waals surface area contributed by atoms with Crippen molar-refractivity contribution >= 4 is 12.2 Å². The Bertz CT molecular complexity index is 412. The summed E-state index contributed by atoms with van der Waals surface area (Å²) in [6, 6.07) is 0.616. The molecule has 0 saturated carbocycles. The van der Waals surface area contributed by atoms with Crippen LogP contribution in [0.1, 0.15) is 24.6 Å². The molecule has 4 heterocycles. The zero-order chi connectivity index (χ0) is 10.4. The van der Waals surface area contributed by atoms with Gasteiger partial charge < -0.3 is 14.5 Å². The van der Waals surface area contributed by atoms with E-state index in [0.717, 1.165) is 10.7 Å². The van der Waals surface area contributed by atoms with E-state index in [-0.39, 0.29) is 0 Å². The highest BCUT2D eigenvalue weighted by atomic mass is 32.1. The number of aryl methyl sites for hydroxylation is 1. The number of rotatable bonds is 1. The van der Waals surface area contributed by atoms with E-state index in [2.05, 4.69) is 27.6 Å². The third-order valence-corrected chi connectivity index (χ3v) is 4.16. The molecule has 3 fully saturated rings. The molecular weight excluding hydrogens is 206 g/mol. The van der Waals surface area contributed by atoms with Gasteiger partial charge in [-0.1, -0.05) is 0 Å². The number of nitrogens with one attached hydrogen (secondary N) is 1. The van der Waals surface area contributed by atoms with Crippen molar-refractivity contribution in [2.45, 2.75) is 25.8 Å². The smallest absolute Gasteiger partial charge is 0.177 e. The fourth-order valence-corrected chi connectivity index (χ4v) is 3.38. The highest BCUT2D eigenvalue weighted by molar-refractivity contribution is 7.71. The standard InChI is InChI=1S/C11H17N3S/c1-8-6-14(11(15)12-8)10-7-13-4-2-9(10)3-5-13/h6,9-10H,2-5,7H2,1H3,(H,12,15). The molecule has 3 aliphatic rings. The SMILES string of the molecule is Cc1cn(C2CN3CCC2CC3)c(=S)[nH]1. The lowest BCUT2D eigenvalue weighted by molar-refractivity contribution is 0.0564. The largest absolute Gasteiger partial charge is 0.335 e. The highest BCUT2D eigenvalue weighted by Gasteiger charge is 2.35. The van der Waals surface area contributed by atoms with Crippen LogP contribution in [0, 0.1) is 17.6 Å². The van der Waals surface area contributed by atoms with Gasteiger partial charge in [-0.25, -0.2) is 0 Å². The number of piperidine rings is 3. The molecule has 15 heavy (non-hydrogen) atoms. The second-order valence-electron chi connectivity index (χ2n) is 4.85. The summed E-state index contributed by atoms with van der Waals surface area (Å²) in [7, 11) is 0. The van der Waals surface area contributed by atoms with Crippen molar-refractivity contribution in [3.8, 4) is 0 Å². The predicted octanol–water partition coefficient (Wildman–Crippen LogP) is 2.12. The summed E-state index contributed by atoms with van der Waals surface area (Å²) in [5, 5.41) is 0. The molecule has 4 rings (SSSR count). The monoisotopic (exact) mass is 223 g/mol. The first-order valence-corrected chi connectivity index (χ1v) is 6.15. The normalized spacial score (nSPS) is 34.6. The summed E-state index contributed by atoms with van der Waals surface area (Å²) in [4.78, 5) is 5.79. The van der Waals surface area contributed by atoms with Crippen molar-refractivity contribution in [2.24, 2.45) is 5.92 Å². The molecule has 3 saturated heterocycles. The molecule has 1 N–H and O–H groups in total. The molecule has 1 unspecified atom stereocenters. The van der Waals surface area contributed by atoms with Gasteiger partial charge in [-0.15, -0.1) is 0 Å². The van der Waals surface area contributed by atoms with Gasteiger partial charge in [0.2, 0.25) is 0 Å². The fraction of sp³-hybridized carbons (Fsp3) is 0.727. The van der Waals surface area contributed by atoms with Gasteiger partial charge in [0.1, 0.15) is 0 Å². The number of H-pyrrole nitrogens is 1. The first kappa shape index (κ1) is 9.60. The average molecular weight is 223 g/mol. The second kappa shape index (κ2) is 3.46. The Kier molecular flexibility index (Phi) is 2.21. The van der Waals surface area contributed by atoms with E-state index in [1.54, 1.807) is 0 Å². The molecule has 1 atom stereocenters. The summed E-state index contributed by atoms with van der Waals surface area (Å²) < 4.78 is 3.17. The predicted molar refractivity (Wildman–Crippen MR) is 62.6 cm³/mol. The molecule has 0 amide bonds. The highest BCUT2D eigenvalue weighted by Crippen LogP contribution is 2.35. The molecule has 0 spiro atoms. The van der Waals surface area contributed by atoms with Crippen molar-refractivity contribution in [3.63, 3.8) is 0 Å². The first-order valence-electron chi connectivity index (χ1n) is 5.74. The molecule has 0 aromatic carbocycles. The van der Waals surface area contributed by atoms with Crippen molar-refractivity contribution in [2.75, 3.05) is 19.6 Å². The third-order valence-electron chi connectivity index (χ3n) is 3.85. The molecule has 1 aromatic heterocycles. The van der Waals surface area contributed by atoms with Crippen LogP contribution >= 0.6 is 12.2 Å². The van der Waals surface area contributed by atoms with Gasteiger partial charge in [-0.3, -0.25) is 0 Å². The van der Waals surface area contributed by atoms with Crippen LogP contribution < -0.4 is 0 Å². The topological polar surface area (TPSA) is 24.0 Å². The van der Waals surface area contributed by atoms with E-state index in [1.807, 2.05) is 0 Å². The Labute approximate surface area is 95.1 Å². The van der Waals surface area contributed by atoms with E-state index in [0.29, 0.717) is 6.04 Å². The number of imidazole rings is 1. The molecule has 3 aliphatic heterocycles. The lowest BCUT2D eigenvalue weighted by Crippen LogP contribution is -2.48. The minimum absolute atomic E-state index is 0.616. The van der Waals surface area contributed by atoms with Gasteiger partial charge in [0.15, 0.2) is 4.77 Å². The van der Waals surface area contributed by atoms with E-state index >= 15 is 0 Å². The summed E-state index contributed by atoms with van der Waals surface area (Å²) in [5.41, 5.74) is 1.18. The maximum atomic E-state index is 5.36. The zero-order valence-corrected chi connectivity index (χ0v) is 9.89.